The van der Waals surface area contributed by atoms with Crippen molar-refractivity contribution >= 4 is 9.84 Å². The van der Waals surface area contributed by atoms with Crippen LogP contribution in [0.3, 0.4) is 0 Å². The number of aliphatic hydroxyl groups is 1. The van der Waals surface area contributed by atoms with Crippen molar-refractivity contribution in [3.8, 4) is 0 Å². The van der Waals surface area contributed by atoms with Gasteiger partial charge < -0.3 is 5.11 Å². The zero-order valence-corrected chi connectivity index (χ0v) is 9.03. The summed E-state index contributed by atoms with van der Waals surface area (Å²) in [4.78, 5) is 0.181. The van der Waals surface area contributed by atoms with Gasteiger partial charge in [0.15, 0.2) is 9.84 Å². The standard InChI is InChI=1S/C8H14N2O3S/c1-3-7(11)5-10-6-8(4-9-10)14(2,12)13/h4,6-7,11H,3,5H2,1-2H3/t7-/m1/s1. The number of sulfone groups is 1. The first-order valence-electron chi connectivity index (χ1n) is 4.34. The Morgan fingerprint density at radius 3 is 2.71 bits per heavy atom. The molecule has 1 rings (SSSR count). The summed E-state index contributed by atoms with van der Waals surface area (Å²) in [7, 11) is -3.19. The average Bonchev–Trinajstić information content (AvgIpc) is 2.51. The molecule has 6 heteroatoms. The van der Waals surface area contributed by atoms with Gasteiger partial charge in [-0.2, -0.15) is 5.10 Å². The minimum Gasteiger partial charge on any atom is -0.391 e. The maximum Gasteiger partial charge on any atom is 0.178 e. The van der Waals surface area contributed by atoms with Gasteiger partial charge in [0.05, 0.1) is 18.8 Å². The van der Waals surface area contributed by atoms with E-state index in [9.17, 15) is 13.5 Å². The van der Waals surface area contributed by atoms with Crippen LogP contribution in [0, 0.1) is 0 Å². The van der Waals surface area contributed by atoms with Gasteiger partial charge in [-0.15, -0.1) is 0 Å². The molecule has 0 aliphatic heterocycles. The van der Waals surface area contributed by atoms with Gasteiger partial charge in [0.2, 0.25) is 0 Å². The third-order valence-electron chi connectivity index (χ3n) is 1.91. The summed E-state index contributed by atoms with van der Waals surface area (Å²) in [6, 6.07) is 0. The van der Waals surface area contributed by atoms with Crippen LogP contribution >= 0.6 is 0 Å². The molecule has 0 aliphatic carbocycles. The summed E-state index contributed by atoms with van der Waals surface area (Å²) >= 11 is 0. The fourth-order valence-corrected chi connectivity index (χ4v) is 1.53. The summed E-state index contributed by atoms with van der Waals surface area (Å²) in [5, 5.41) is 13.2. The molecule has 14 heavy (non-hydrogen) atoms. The number of aromatic nitrogens is 2. The maximum atomic E-state index is 11.1. The van der Waals surface area contributed by atoms with Gasteiger partial charge >= 0.3 is 0 Å². The van der Waals surface area contributed by atoms with E-state index in [1.165, 1.54) is 17.1 Å². The van der Waals surface area contributed by atoms with E-state index < -0.39 is 15.9 Å². The number of nitrogens with zero attached hydrogens (tertiary/aromatic N) is 2. The molecule has 0 aliphatic rings. The highest BCUT2D eigenvalue weighted by atomic mass is 32.2. The molecule has 1 aromatic heterocycles. The lowest BCUT2D eigenvalue weighted by atomic mass is 10.3. The third-order valence-corrected chi connectivity index (χ3v) is 2.97. The predicted octanol–water partition coefficient (Wildman–Crippen LogP) is 0.0575. The van der Waals surface area contributed by atoms with Crippen molar-refractivity contribution in [1.29, 1.82) is 0 Å². The van der Waals surface area contributed by atoms with Gasteiger partial charge in [-0.1, -0.05) is 6.92 Å². The Morgan fingerprint density at radius 2 is 2.29 bits per heavy atom. The summed E-state index contributed by atoms with van der Waals surface area (Å²) in [6.45, 7) is 2.18. The smallest absolute Gasteiger partial charge is 0.178 e. The SMILES string of the molecule is CC[C@@H](O)Cn1cc(S(C)(=O)=O)cn1. The second-order valence-electron chi connectivity index (χ2n) is 3.23. The molecule has 0 fully saturated rings. The molecule has 1 aromatic rings. The summed E-state index contributed by atoms with van der Waals surface area (Å²) in [5.41, 5.74) is 0. The van der Waals surface area contributed by atoms with E-state index in [0.717, 1.165) is 6.26 Å². The Labute approximate surface area is 83.3 Å². The van der Waals surface area contributed by atoms with Gasteiger partial charge in [0.1, 0.15) is 4.90 Å². The van der Waals surface area contributed by atoms with E-state index in [4.69, 9.17) is 0 Å². The molecule has 0 saturated heterocycles. The van der Waals surface area contributed by atoms with Crippen LogP contribution in [-0.2, 0) is 16.4 Å². The molecule has 0 aromatic carbocycles. The Morgan fingerprint density at radius 1 is 1.64 bits per heavy atom. The van der Waals surface area contributed by atoms with Crippen LogP contribution < -0.4 is 0 Å². The molecule has 0 unspecified atom stereocenters. The van der Waals surface area contributed by atoms with Crippen molar-refractivity contribution in [2.24, 2.45) is 0 Å². The van der Waals surface area contributed by atoms with E-state index in [-0.39, 0.29) is 4.90 Å². The van der Waals surface area contributed by atoms with Gasteiger partial charge in [0, 0.05) is 12.5 Å². The molecule has 80 valence electrons. The van der Waals surface area contributed by atoms with Crippen LogP contribution in [0.2, 0.25) is 0 Å². The molecule has 0 bridgehead atoms. The first kappa shape index (κ1) is 11.2. The molecular formula is C8H14N2O3S. The number of hydrogen-bond acceptors (Lipinski definition) is 4. The van der Waals surface area contributed by atoms with Gasteiger partial charge in [-0.25, -0.2) is 8.42 Å². The van der Waals surface area contributed by atoms with E-state index >= 15 is 0 Å². The lowest BCUT2D eigenvalue weighted by Gasteiger charge is -2.06. The van der Waals surface area contributed by atoms with E-state index in [2.05, 4.69) is 5.10 Å². The Bertz CT molecular complexity index is 396. The second kappa shape index (κ2) is 4.10. The highest BCUT2D eigenvalue weighted by Gasteiger charge is 2.11. The molecule has 1 heterocycles. The van der Waals surface area contributed by atoms with Crippen LogP contribution in [0.25, 0.3) is 0 Å². The van der Waals surface area contributed by atoms with Crippen LogP contribution in [0.4, 0.5) is 0 Å². The van der Waals surface area contributed by atoms with Crippen molar-refractivity contribution in [1.82, 2.24) is 9.78 Å². The minimum absolute atomic E-state index is 0.181. The van der Waals surface area contributed by atoms with Crippen molar-refractivity contribution in [3.05, 3.63) is 12.4 Å². The lowest BCUT2D eigenvalue weighted by molar-refractivity contribution is 0.145. The summed E-state index contributed by atoms with van der Waals surface area (Å²) < 4.78 is 23.6. The first-order valence-corrected chi connectivity index (χ1v) is 6.23. The number of aliphatic hydroxyl groups excluding tert-OH is 1. The molecular weight excluding hydrogens is 204 g/mol. The van der Waals surface area contributed by atoms with Gasteiger partial charge in [-0.05, 0) is 6.42 Å². The average molecular weight is 218 g/mol. The van der Waals surface area contributed by atoms with E-state index in [1.54, 1.807) is 0 Å². The van der Waals surface area contributed by atoms with Crippen molar-refractivity contribution in [2.75, 3.05) is 6.26 Å². The quantitative estimate of drug-likeness (QED) is 0.775. The molecule has 0 radical (unpaired) electrons. The molecule has 5 nitrogen and oxygen atoms in total. The van der Waals surface area contributed by atoms with Crippen LogP contribution in [0.15, 0.2) is 17.3 Å². The highest BCUT2D eigenvalue weighted by molar-refractivity contribution is 7.90. The normalized spacial score (nSPS) is 14.2. The van der Waals surface area contributed by atoms with Crippen LogP contribution in [0.5, 0.6) is 0 Å². The van der Waals surface area contributed by atoms with Crippen LogP contribution in [0.1, 0.15) is 13.3 Å². The number of rotatable bonds is 4. The van der Waals surface area contributed by atoms with Crippen molar-refractivity contribution < 1.29 is 13.5 Å². The first-order chi connectivity index (χ1) is 6.43. The topological polar surface area (TPSA) is 72.2 Å². The minimum atomic E-state index is -3.19. The largest absolute Gasteiger partial charge is 0.391 e. The molecule has 1 N–H and O–H groups in total. The predicted molar refractivity (Wildman–Crippen MR) is 51.6 cm³/mol. The molecule has 1 atom stereocenters. The van der Waals surface area contributed by atoms with E-state index in [1.807, 2.05) is 6.92 Å². The Kier molecular flexibility index (Phi) is 3.28. The van der Waals surface area contributed by atoms with Crippen molar-refractivity contribution in [3.63, 3.8) is 0 Å². The zero-order valence-electron chi connectivity index (χ0n) is 8.21. The maximum absolute atomic E-state index is 11.1. The Balaban J connectivity index is 2.79. The van der Waals surface area contributed by atoms with Gasteiger partial charge in [-0.3, -0.25) is 4.68 Å². The second-order valence-corrected chi connectivity index (χ2v) is 5.25. The lowest BCUT2D eigenvalue weighted by Crippen LogP contribution is -2.14. The summed E-state index contributed by atoms with van der Waals surface area (Å²) in [5.74, 6) is 0. The highest BCUT2D eigenvalue weighted by Crippen LogP contribution is 2.07. The van der Waals surface area contributed by atoms with Crippen molar-refractivity contribution in [2.45, 2.75) is 30.9 Å². The third kappa shape index (κ3) is 2.81. The van der Waals surface area contributed by atoms with Crippen LogP contribution in [-0.4, -0.2) is 35.7 Å². The molecule has 0 spiro atoms. The number of hydrogen-bond donors (Lipinski definition) is 1. The Hall–Kier alpha value is -0.880. The zero-order chi connectivity index (χ0) is 10.8. The monoisotopic (exact) mass is 218 g/mol. The molecule has 0 saturated carbocycles. The summed E-state index contributed by atoms with van der Waals surface area (Å²) in [6.07, 6.45) is 3.98. The fourth-order valence-electron chi connectivity index (χ4n) is 0.981. The fraction of sp³-hybridized carbons (Fsp3) is 0.625. The molecule has 0 amide bonds. The van der Waals surface area contributed by atoms with Gasteiger partial charge in [0.25, 0.3) is 0 Å². The van der Waals surface area contributed by atoms with E-state index in [0.29, 0.717) is 13.0 Å².